The summed E-state index contributed by atoms with van der Waals surface area (Å²) in [6.07, 6.45) is 3.03. The number of carbonyl (C=O) groups is 1. The molecule has 0 amide bonds. The molecule has 4 nitrogen and oxygen atoms in total. The average molecular weight is 224 g/mol. The van der Waals surface area contributed by atoms with Gasteiger partial charge < -0.3 is 5.11 Å². The van der Waals surface area contributed by atoms with Crippen LogP contribution in [0.1, 0.15) is 15.9 Å². The lowest BCUT2D eigenvalue weighted by Crippen LogP contribution is -1.96. The van der Waals surface area contributed by atoms with E-state index in [2.05, 4.69) is 4.98 Å². The maximum Gasteiger partial charge on any atom is 0.335 e. The van der Waals surface area contributed by atoms with Crippen molar-refractivity contribution in [1.29, 1.82) is 5.26 Å². The first-order valence-corrected chi connectivity index (χ1v) is 4.90. The van der Waals surface area contributed by atoms with Gasteiger partial charge in [0.1, 0.15) is 6.07 Å². The van der Waals surface area contributed by atoms with Crippen LogP contribution in [-0.4, -0.2) is 16.1 Å². The number of carboxylic acids is 1. The summed E-state index contributed by atoms with van der Waals surface area (Å²) in [7, 11) is 0. The van der Waals surface area contributed by atoms with E-state index in [9.17, 15) is 4.79 Å². The summed E-state index contributed by atoms with van der Waals surface area (Å²) in [5.74, 6) is -0.987. The van der Waals surface area contributed by atoms with E-state index in [1.807, 2.05) is 6.07 Å². The van der Waals surface area contributed by atoms with Gasteiger partial charge in [-0.15, -0.1) is 0 Å². The monoisotopic (exact) mass is 224 g/mol. The zero-order valence-electron chi connectivity index (χ0n) is 8.79. The van der Waals surface area contributed by atoms with Gasteiger partial charge in [0.05, 0.1) is 11.1 Å². The van der Waals surface area contributed by atoms with Crippen molar-refractivity contribution < 1.29 is 9.90 Å². The zero-order valence-corrected chi connectivity index (χ0v) is 8.79. The third-order valence-electron chi connectivity index (χ3n) is 2.36. The van der Waals surface area contributed by atoms with Crippen molar-refractivity contribution in [2.24, 2.45) is 0 Å². The van der Waals surface area contributed by atoms with Crippen LogP contribution in [0.2, 0.25) is 0 Å². The number of hydrogen-bond donors (Lipinski definition) is 1. The average Bonchev–Trinajstić information content (AvgIpc) is 2.39. The van der Waals surface area contributed by atoms with Gasteiger partial charge in [-0.1, -0.05) is 12.1 Å². The lowest BCUT2D eigenvalue weighted by Gasteiger charge is -2.04. The minimum Gasteiger partial charge on any atom is -0.478 e. The Bertz CT molecular complexity index is 615. The van der Waals surface area contributed by atoms with Crippen molar-refractivity contribution in [3.8, 4) is 17.2 Å². The quantitative estimate of drug-likeness (QED) is 0.849. The second kappa shape index (κ2) is 4.45. The van der Waals surface area contributed by atoms with Crippen LogP contribution in [0, 0.1) is 11.3 Å². The highest BCUT2D eigenvalue weighted by molar-refractivity contribution is 5.89. The molecule has 1 aromatic heterocycles. The number of hydrogen-bond acceptors (Lipinski definition) is 3. The Morgan fingerprint density at radius 1 is 1.35 bits per heavy atom. The van der Waals surface area contributed by atoms with E-state index in [-0.39, 0.29) is 5.56 Å². The van der Waals surface area contributed by atoms with E-state index >= 15 is 0 Å². The molecule has 0 aliphatic carbocycles. The molecule has 0 aliphatic rings. The summed E-state index contributed by atoms with van der Waals surface area (Å²) in [6, 6.07) is 10.2. The fourth-order valence-electron chi connectivity index (χ4n) is 1.56. The largest absolute Gasteiger partial charge is 0.478 e. The number of carboxylic acid groups (broad SMARTS) is 1. The Hall–Kier alpha value is -2.67. The van der Waals surface area contributed by atoms with Gasteiger partial charge in [0.2, 0.25) is 0 Å². The highest BCUT2D eigenvalue weighted by Crippen LogP contribution is 2.23. The number of rotatable bonds is 2. The minimum atomic E-state index is -0.987. The Kier molecular flexibility index (Phi) is 2.84. The van der Waals surface area contributed by atoms with Gasteiger partial charge in [0.15, 0.2) is 0 Å². The molecular weight excluding hydrogens is 216 g/mol. The van der Waals surface area contributed by atoms with Crippen molar-refractivity contribution in [3.05, 3.63) is 53.9 Å². The topological polar surface area (TPSA) is 74.0 Å². The smallest absolute Gasteiger partial charge is 0.335 e. The highest BCUT2D eigenvalue weighted by Gasteiger charge is 2.07. The molecule has 82 valence electrons. The molecule has 0 saturated heterocycles. The van der Waals surface area contributed by atoms with Crippen molar-refractivity contribution in [1.82, 2.24) is 4.98 Å². The fraction of sp³-hybridized carbons (Fsp3) is 0. The van der Waals surface area contributed by atoms with E-state index in [1.165, 1.54) is 12.3 Å². The number of aromatic carboxylic acids is 1. The molecular formula is C13H8N2O2. The van der Waals surface area contributed by atoms with Gasteiger partial charge in [-0.25, -0.2) is 4.79 Å². The molecule has 1 N–H and O–H groups in total. The van der Waals surface area contributed by atoms with Crippen molar-refractivity contribution in [2.75, 3.05) is 0 Å². The summed E-state index contributed by atoms with van der Waals surface area (Å²) in [5.41, 5.74) is 2.01. The van der Waals surface area contributed by atoms with Crippen LogP contribution in [0.15, 0.2) is 42.7 Å². The van der Waals surface area contributed by atoms with Crippen LogP contribution >= 0.6 is 0 Å². The normalized spacial score (nSPS) is 9.59. The van der Waals surface area contributed by atoms with Gasteiger partial charge in [-0.2, -0.15) is 5.26 Å². The number of nitriles is 1. The van der Waals surface area contributed by atoms with Crippen LogP contribution < -0.4 is 0 Å². The maximum absolute atomic E-state index is 10.9. The summed E-state index contributed by atoms with van der Waals surface area (Å²) in [6.45, 7) is 0. The van der Waals surface area contributed by atoms with E-state index in [4.69, 9.17) is 10.4 Å². The zero-order chi connectivity index (χ0) is 12.3. The Morgan fingerprint density at radius 3 is 2.88 bits per heavy atom. The Labute approximate surface area is 97.8 Å². The molecule has 2 rings (SSSR count). The molecule has 0 saturated carbocycles. The number of aromatic nitrogens is 1. The number of benzene rings is 1. The van der Waals surface area contributed by atoms with Gasteiger partial charge in [0.25, 0.3) is 0 Å². The summed E-state index contributed by atoms with van der Waals surface area (Å²) < 4.78 is 0. The van der Waals surface area contributed by atoms with Crippen LogP contribution in [0.3, 0.4) is 0 Å². The van der Waals surface area contributed by atoms with E-state index in [1.54, 1.807) is 30.5 Å². The standard InChI is InChI=1S/C13H8N2O2/c14-7-11-8-15-5-4-12(11)9-2-1-3-10(6-9)13(16)17/h1-6,8H,(H,16,17). The SMILES string of the molecule is N#Cc1cnccc1-c1cccc(C(=O)O)c1. The molecule has 17 heavy (non-hydrogen) atoms. The summed E-state index contributed by atoms with van der Waals surface area (Å²) >= 11 is 0. The predicted molar refractivity (Wildman–Crippen MR) is 61.3 cm³/mol. The second-order valence-corrected chi connectivity index (χ2v) is 3.42. The van der Waals surface area contributed by atoms with Gasteiger partial charge in [-0.3, -0.25) is 4.98 Å². The number of nitrogens with zero attached hydrogens (tertiary/aromatic N) is 2. The fourth-order valence-corrected chi connectivity index (χ4v) is 1.56. The third-order valence-corrected chi connectivity index (χ3v) is 2.36. The van der Waals surface area contributed by atoms with Crippen molar-refractivity contribution >= 4 is 5.97 Å². The molecule has 1 aromatic carbocycles. The van der Waals surface area contributed by atoms with Crippen LogP contribution in [0.4, 0.5) is 0 Å². The molecule has 0 spiro atoms. The Morgan fingerprint density at radius 2 is 2.18 bits per heavy atom. The first-order valence-electron chi connectivity index (χ1n) is 4.90. The third kappa shape index (κ3) is 2.13. The molecule has 0 fully saturated rings. The van der Waals surface area contributed by atoms with Crippen molar-refractivity contribution in [2.45, 2.75) is 0 Å². The van der Waals surface area contributed by atoms with Crippen molar-refractivity contribution in [3.63, 3.8) is 0 Å². The van der Waals surface area contributed by atoms with Gasteiger partial charge >= 0.3 is 5.97 Å². The van der Waals surface area contributed by atoms with Crippen LogP contribution in [-0.2, 0) is 0 Å². The van der Waals surface area contributed by atoms with E-state index in [0.29, 0.717) is 16.7 Å². The summed E-state index contributed by atoms with van der Waals surface area (Å²) in [4.78, 5) is 14.7. The van der Waals surface area contributed by atoms with Crippen LogP contribution in [0.5, 0.6) is 0 Å². The molecule has 0 bridgehead atoms. The van der Waals surface area contributed by atoms with Crippen LogP contribution in [0.25, 0.3) is 11.1 Å². The minimum absolute atomic E-state index is 0.197. The molecule has 0 aliphatic heterocycles. The molecule has 4 heteroatoms. The Balaban J connectivity index is 2.57. The molecule has 0 atom stereocenters. The first-order chi connectivity index (χ1) is 8.22. The second-order valence-electron chi connectivity index (χ2n) is 3.42. The lowest BCUT2D eigenvalue weighted by atomic mass is 10.0. The number of pyridine rings is 1. The maximum atomic E-state index is 10.9. The molecule has 2 aromatic rings. The molecule has 1 heterocycles. The lowest BCUT2D eigenvalue weighted by molar-refractivity contribution is 0.0697. The first kappa shape index (κ1) is 10.8. The van der Waals surface area contributed by atoms with Gasteiger partial charge in [-0.05, 0) is 23.8 Å². The van der Waals surface area contributed by atoms with E-state index in [0.717, 1.165) is 0 Å². The summed E-state index contributed by atoms with van der Waals surface area (Å²) in [5, 5.41) is 17.9. The molecule has 0 radical (unpaired) electrons. The van der Waals surface area contributed by atoms with E-state index < -0.39 is 5.97 Å². The van der Waals surface area contributed by atoms with Gasteiger partial charge in [0, 0.05) is 18.0 Å². The predicted octanol–water partition coefficient (Wildman–Crippen LogP) is 2.32. The molecule has 0 unspecified atom stereocenters. The highest BCUT2D eigenvalue weighted by atomic mass is 16.4.